The number of halogens is 2. The van der Waals surface area contributed by atoms with Crippen molar-refractivity contribution < 1.29 is 35.3 Å². The smallest absolute Gasteiger partial charge is 1.00 e. The van der Waals surface area contributed by atoms with Crippen LogP contribution in [-0.2, 0) is 25.8 Å². The molecule has 2 aliphatic carbocycles. The first-order valence-corrected chi connectivity index (χ1v) is 3.43. The number of hydrogen-bond donors (Lipinski definition) is 0. The molecule has 0 spiro atoms. The molecule has 3 heteroatoms. The van der Waals surface area contributed by atoms with Gasteiger partial charge in [0.15, 0.2) is 0 Å². The quantitative estimate of drug-likeness (QED) is 0.317. The molecule has 0 aromatic heterocycles. The number of hydrogen-bond acceptors (Lipinski definition) is 0. The van der Waals surface area contributed by atoms with Crippen LogP contribution in [0.1, 0.15) is 12.8 Å². The van der Waals surface area contributed by atoms with E-state index in [4.69, 9.17) is 0 Å². The molecule has 0 amide bonds. The topological polar surface area (TPSA) is 0 Å². The summed E-state index contributed by atoms with van der Waals surface area (Å²) in [7, 11) is 0. The monoisotopic (exact) mass is 348 g/mol. The fourth-order valence-corrected chi connectivity index (χ4v) is 0.680. The summed E-state index contributed by atoms with van der Waals surface area (Å²) < 4.78 is 0. The van der Waals surface area contributed by atoms with E-state index in [-0.39, 0.29) is 35.3 Å². The Kier molecular flexibility index (Phi) is 20.2. The van der Waals surface area contributed by atoms with Gasteiger partial charge >= 0.3 is 25.8 Å². The molecule has 0 bridgehead atoms. The first kappa shape index (κ1) is 18.5. The van der Waals surface area contributed by atoms with Gasteiger partial charge in [0.2, 0.25) is 0 Å². The zero-order valence-corrected chi connectivity index (χ0v) is 10.7. The van der Waals surface area contributed by atoms with Crippen molar-refractivity contribution >= 4 is 0 Å². The van der Waals surface area contributed by atoms with Crippen LogP contribution in [0.2, 0.25) is 0 Å². The van der Waals surface area contributed by atoms with Crippen LogP contribution in [0, 0.1) is 12.2 Å². The van der Waals surface area contributed by atoms with Crippen LogP contribution < -0.4 is 9.41 Å². The van der Waals surface area contributed by atoms with Gasteiger partial charge in [0.05, 0.1) is 0 Å². The van der Waals surface area contributed by atoms with Crippen molar-refractivity contribution in [1.82, 2.24) is 0 Å². The van der Waals surface area contributed by atoms with Crippen molar-refractivity contribution in [1.29, 1.82) is 0 Å². The molecule has 0 aliphatic heterocycles. The summed E-state index contributed by atoms with van der Waals surface area (Å²) in [5.74, 6) is 0. The summed E-state index contributed by atoms with van der Waals surface area (Å²) in [5.41, 5.74) is 0. The van der Waals surface area contributed by atoms with E-state index < -0.39 is 0 Å². The van der Waals surface area contributed by atoms with E-state index in [1.807, 2.05) is 24.3 Å². The van der Waals surface area contributed by atoms with Crippen LogP contribution in [0.5, 0.6) is 0 Å². The van der Waals surface area contributed by atoms with Crippen LogP contribution >= 0.6 is 0 Å². The van der Waals surface area contributed by atoms with Gasteiger partial charge in [0, 0.05) is 0 Å². The van der Waals surface area contributed by atoms with E-state index in [9.17, 15) is 0 Å². The largest absolute Gasteiger partial charge is 4.00 e. The molecule has 0 N–H and O–H groups in total. The molecule has 2 aliphatic rings. The zero-order valence-electron chi connectivity index (χ0n) is 7.13. The van der Waals surface area contributed by atoms with Crippen molar-refractivity contribution in [3.63, 3.8) is 0 Å². The summed E-state index contributed by atoms with van der Waals surface area (Å²) in [6, 6.07) is 0. The van der Waals surface area contributed by atoms with E-state index in [1.54, 1.807) is 0 Å². The molecule has 0 radical (unpaired) electrons. The third kappa shape index (κ3) is 11.7. The minimum Gasteiger partial charge on any atom is -1.00 e. The normalized spacial score (nSPS) is 13.5. The molecule has 0 saturated heterocycles. The average molecular weight is 347 g/mol. The molecule has 2 rings (SSSR count). The van der Waals surface area contributed by atoms with Crippen LogP contribution in [0.4, 0.5) is 0 Å². The third-order valence-corrected chi connectivity index (χ3v) is 1.17. The average Bonchev–Trinajstić information content (AvgIpc) is 2.67. The van der Waals surface area contributed by atoms with Crippen molar-refractivity contribution in [2.24, 2.45) is 0 Å². The van der Waals surface area contributed by atoms with Crippen LogP contribution in [0.3, 0.4) is 0 Å². The van der Waals surface area contributed by atoms with Crippen molar-refractivity contribution in [3.05, 3.63) is 48.6 Å². The Bertz CT molecular complexity index is 151. The second kappa shape index (κ2) is 14.2. The van der Waals surface area contributed by atoms with E-state index in [0.717, 1.165) is 12.8 Å². The molecule has 0 saturated carbocycles. The summed E-state index contributed by atoms with van der Waals surface area (Å²) in [5, 5.41) is 0. The molecular formula is C10H10F2Hf. The Morgan fingerprint density at radius 2 is 1.15 bits per heavy atom. The second-order valence-electron chi connectivity index (χ2n) is 2.01. The molecule has 0 aromatic rings. The fraction of sp³-hybridized carbons (Fsp3) is 0.200. The predicted molar refractivity (Wildman–Crippen MR) is 43.1 cm³/mol. The Balaban J connectivity index is -0.000000125. The minimum absolute atomic E-state index is 0. The molecule has 0 aromatic carbocycles. The van der Waals surface area contributed by atoms with E-state index in [1.165, 1.54) is 0 Å². The molecular weight excluding hydrogens is 337 g/mol. The van der Waals surface area contributed by atoms with Crippen LogP contribution in [-0.4, -0.2) is 0 Å². The van der Waals surface area contributed by atoms with Crippen LogP contribution in [0.15, 0.2) is 36.5 Å². The molecule has 0 heterocycles. The van der Waals surface area contributed by atoms with E-state index in [0.29, 0.717) is 0 Å². The maximum atomic E-state index is 2.99. The predicted octanol–water partition coefficient (Wildman–Crippen LogP) is -3.38. The Morgan fingerprint density at radius 3 is 1.23 bits per heavy atom. The molecule has 68 valence electrons. The van der Waals surface area contributed by atoms with Gasteiger partial charge in [0.1, 0.15) is 0 Å². The summed E-state index contributed by atoms with van der Waals surface area (Å²) in [6.45, 7) is 0. The molecule has 0 nitrogen and oxygen atoms in total. The van der Waals surface area contributed by atoms with Gasteiger partial charge in [-0.2, -0.15) is 12.2 Å². The number of allylic oxidation sites excluding steroid dienone is 8. The summed E-state index contributed by atoms with van der Waals surface area (Å²) in [4.78, 5) is 0. The van der Waals surface area contributed by atoms with Gasteiger partial charge in [0.25, 0.3) is 0 Å². The Morgan fingerprint density at radius 1 is 0.769 bits per heavy atom. The third-order valence-electron chi connectivity index (χ3n) is 1.17. The Hall–Kier alpha value is -0.310. The summed E-state index contributed by atoms with van der Waals surface area (Å²) >= 11 is 0. The summed E-state index contributed by atoms with van der Waals surface area (Å²) in [6.07, 6.45) is 20.0. The zero-order chi connectivity index (χ0) is 7.07. The standard InChI is InChI=1S/2C5H5.2FH.Hf/c2*1-2-4-5-3-1;;;/h2*1-3H,4H2;2*1H;/q2*-1;;;+4/p-2. The number of rotatable bonds is 0. The first-order chi connectivity index (χ1) is 5.00. The second-order valence-corrected chi connectivity index (χ2v) is 2.01. The maximum absolute atomic E-state index is 2.99. The SMILES string of the molecule is [C-]1=CC=CC1.[C-]1=CC=CC1.[F-].[F-].[Hf+4]. The van der Waals surface area contributed by atoms with Gasteiger partial charge in [-0.1, -0.05) is 0 Å². The van der Waals surface area contributed by atoms with Crippen molar-refractivity contribution in [2.45, 2.75) is 12.8 Å². The van der Waals surface area contributed by atoms with Gasteiger partial charge in [-0.05, 0) is 0 Å². The van der Waals surface area contributed by atoms with E-state index in [2.05, 4.69) is 24.3 Å². The molecule has 0 unspecified atom stereocenters. The van der Waals surface area contributed by atoms with Gasteiger partial charge in [-0.3, -0.25) is 12.2 Å². The van der Waals surface area contributed by atoms with Gasteiger partial charge in [-0.15, -0.1) is 12.8 Å². The fourth-order valence-electron chi connectivity index (χ4n) is 0.680. The molecule has 0 atom stereocenters. The molecule has 0 fully saturated rings. The van der Waals surface area contributed by atoms with Gasteiger partial charge in [-0.25, -0.2) is 24.3 Å². The first-order valence-electron chi connectivity index (χ1n) is 3.43. The van der Waals surface area contributed by atoms with Crippen molar-refractivity contribution in [2.75, 3.05) is 0 Å². The minimum atomic E-state index is 0. The maximum Gasteiger partial charge on any atom is 4.00 e. The van der Waals surface area contributed by atoms with E-state index >= 15 is 0 Å². The molecule has 13 heavy (non-hydrogen) atoms. The van der Waals surface area contributed by atoms with Crippen LogP contribution in [0.25, 0.3) is 0 Å². The van der Waals surface area contributed by atoms with Crippen molar-refractivity contribution in [3.8, 4) is 0 Å². The Labute approximate surface area is 96.6 Å². The van der Waals surface area contributed by atoms with Gasteiger partial charge < -0.3 is 9.41 Å².